The monoisotopic (exact) mass is 418 g/mol. The van der Waals surface area contributed by atoms with E-state index in [1.807, 2.05) is 32.2 Å². The van der Waals surface area contributed by atoms with Crippen molar-refractivity contribution in [2.45, 2.75) is 60.4 Å². The van der Waals surface area contributed by atoms with Crippen LogP contribution in [0, 0.1) is 19.3 Å². The van der Waals surface area contributed by atoms with E-state index >= 15 is 0 Å². The average Bonchev–Trinajstić information content (AvgIpc) is 3.09. The number of benzene rings is 2. The Morgan fingerprint density at radius 2 is 1.74 bits per heavy atom. The summed E-state index contributed by atoms with van der Waals surface area (Å²) in [5, 5.41) is 0. The van der Waals surface area contributed by atoms with Gasteiger partial charge in [0.25, 0.3) is 0 Å². The van der Waals surface area contributed by atoms with E-state index in [9.17, 15) is 4.79 Å². The van der Waals surface area contributed by atoms with Crippen LogP contribution in [0.25, 0.3) is 11.4 Å². The molecule has 2 aromatic carbocycles. The van der Waals surface area contributed by atoms with E-state index in [0.29, 0.717) is 13.2 Å². The Labute approximate surface area is 186 Å². The number of para-hydroxylation sites is 1. The van der Waals surface area contributed by atoms with E-state index in [0.717, 1.165) is 47.7 Å². The second-order valence-electron chi connectivity index (χ2n) is 9.03. The van der Waals surface area contributed by atoms with Crippen molar-refractivity contribution in [2.24, 2.45) is 5.41 Å². The number of aryl methyl sites for hydroxylation is 2. The minimum atomic E-state index is -0.247. The molecular weight excluding hydrogens is 384 g/mol. The summed E-state index contributed by atoms with van der Waals surface area (Å²) in [7, 11) is 0. The van der Waals surface area contributed by atoms with Gasteiger partial charge < -0.3 is 9.30 Å². The number of nitrogens with zero attached hydrogens (tertiary/aromatic N) is 2. The molecule has 0 spiro atoms. The quantitative estimate of drug-likeness (QED) is 0.359. The molecule has 0 aliphatic carbocycles. The van der Waals surface area contributed by atoms with Crippen molar-refractivity contribution in [2.75, 3.05) is 6.61 Å². The maximum absolute atomic E-state index is 11.7. The van der Waals surface area contributed by atoms with Crippen molar-refractivity contribution in [1.82, 2.24) is 9.55 Å². The van der Waals surface area contributed by atoms with Gasteiger partial charge in [-0.25, -0.2) is 4.98 Å². The van der Waals surface area contributed by atoms with Crippen molar-refractivity contribution in [3.63, 3.8) is 0 Å². The maximum Gasteiger partial charge on any atom is 0.140 e. The number of Topliss-reactive ketones (excluding diaryl/α,β-unsaturated/α-hetero) is 1. The summed E-state index contributed by atoms with van der Waals surface area (Å²) in [5.74, 6) is 2.13. The van der Waals surface area contributed by atoms with Crippen LogP contribution in [0.3, 0.4) is 0 Å². The number of aromatic nitrogens is 2. The van der Waals surface area contributed by atoms with Gasteiger partial charge in [0.1, 0.15) is 17.4 Å². The standard InChI is InChI=1S/C27H34N2O2/c1-20-12-14-23(15-13-20)26-28-18-21(2)29(26)19-24-10-6-7-11-25(24)31-17-9-8-16-27(4,5)22(3)30/h6-7,10-15,18H,8-9,16-17,19H2,1-5H3. The third kappa shape index (κ3) is 5.84. The molecule has 31 heavy (non-hydrogen) atoms. The van der Waals surface area contributed by atoms with Crippen LogP contribution in [0.2, 0.25) is 0 Å². The van der Waals surface area contributed by atoms with Crippen molar-refractivity contribution < 1.29 is 9.53 Å². The van der Waals surface area contributed by atoms with Gasteiger partial charge in [-0.15, -0.1) is 0 Å². The maximum atomic E-state index is 11.7. The topological polar surface area (TPSA) is 44.1 Å². The zero-order valence-corrected chi connectivity index (χ0v) is 19.4. The van der Waals surface area contributed by atoms with E-state index in [4.69, 9.17) is 4.74 Å². The molecule has 4 heteroatoms. The lowest BCUT2D eigenvalue weighted by atomic mass is 9.84. The fraction of sp³-hybridized carbons (Fsp3) is 0.407. The van der Waals surface area contributed by atoms with E-state index in [-0.39, 0.29) is 11.2 Å². The first-order valence-electron chi connectivity index (χ1n) is 11.1. The number of carbonyl (C=O) groups excluding carboxylic acids is 1. The highest BCUT2D eigenvalue weighted by Gasteiger charge is 2.22. The van der Waals surface area contributed by atoms with Gasteiger partial charge in [0.05, 0.1) is 13.2 Å². The lowest BCUT2D eigenvalue weighted by Crippen LogP contribution is -2.21. The molecule has 0 fully saturated rings. The molecule has 4 nitrogen and oxygen atoms in total. The van der Waals surface area contributed by atoms with Crippen LogP contribution in [0.1, 0.15) is 56.9 Å². The minimum Gasteiger partial charge on any atom is -0.493 e. The molecular formula is C27H34N2O2. The van der Waals surface area contributed by atoms with Crippen LogP contribution in [-0.4, -0.2) is 21.9 Å². The summed E-state index contributed by atoms with van der Waals surface area (Å²) in [5.41, 5.74) is 4.37. The molecule has 0 saturated heterocycles. The van der Waals surface area contributed by atoms with Gasteiger partial charge in [-0.1, -0.05) is 61.9 Å². The normalized spacial score (nSPS) is 11.5. The molecule has 164 valence electrons. The smallest absolute Gasteiger partial charge is 0.140 e. The Balaban J connectivity index is 1.67. The van der Waals surface area contributed by atoms with E-state index in [2.05, 4.69) is 59.8 Å². The number of carbonyl (C=O) groups is 1. The summed E-state index contributed by atoms with van der Waals surface area (Å²) >= 11 is 0. The Kier molecular flexibility index (Phi) is 7.32. The van der Waals surface area contributed by atoms with Gasteiger partial charge in [-0.05, 0) is 46.1 Å². The second-order valence-corrected chi connectivity index (χ2v) is 9.03. The summed E-state index contributed by atoms with van der Waals surface area (Å²) in [6, 6.07) is 16.7. The predicted octanol–water partition coefficient (Wildman–Crippen LogP) is 6.38. The van der Waals surface area contributed by atoms with Crippen LogP contribution in [0.4, 0.5) is 0 Å². The van der Waals surface area contributed by atoms with Crippen LogP contribution >= 0.6 is 0 Å². The van der Waals surface area contributed by atoms with Crippen LogP contribution in [0.15, 0.2) is 54.7 Å². The third-order valence-corrected chi connectivity index (χ3v) is 6.07. The van der Waals surface area contributed by atoms with Crippen LogP contribution in [0.5, 0.6) is 5.75 Å². The Morgan fingerprint density at radius 1 is 1.03 bits per heavy atom. The molecule has 0 amide bonds. The molecule has 0 unspecified atom stereocenters. The number of ketones is 1. The third-order valence-electron chi connectivity index (χ3n) is 6.07. The molecule has 0 bridgehead atoms. The molecule has 1 aromatic heterocycles. The fourth-order valence-electron chi connectivity index (χ4n) is 3.57. The van der Waals surface area contributed by atoms with Crippen molar-refractivity contribution in [1.29, 1.82) is 0 Å². The Hall–Kier alpha value is -2.88. The van der Waals surface area contributed by atoms with Gasteiger partial charge in [-0.3, -0.25) is 4.79 Å². The average molecular weight is 419 g/mol. The number of hydrogen-bond donors (Lipinski definition) is 0. The molecule has 0 atom stereocenters. The summed E-state index contributed by atoms with van der Waals surface area (Å²) in [6.07, 6.45) is 4.73. The lowest BCUT2D eigenvalue weighted by molar-refractivity contribution is -0.125. The highest BCUT2D eigenvalue weighted by atomic mass is 16.5. The first-order valence-corrected chi connectivity index (χ1v) is 11.1. The Morgan fingerprint density at radius 3 is 2.45 bits per heavy atom. The van der Waals surface area contributed by atoms with Crippen LogP contribution in [-0.2, 0) is 11.3 Å². The van der Waals surface area contributed by atoms with Gasteiger partial charge in [-0.2, -0.15) is 0 Å². The fourth-order valence-corrected chi connectivity index (χ4v) is 3.57. The van der Waals surface area contributed by atoms with E-state index in [1.54, 1.807) is 6.92 Å². The highest BCUT2D eigenvalue weighted by molar-refractivity contribution is 5.81. The number of rotatable bonds is 10. The van der Waals surface area contributed by atoms with Crippen molar-refractivity contribution >= 4 is 5.78 Å². The summed E-state index contributed by atoms with van der Waals surface area (Å²) < 4.78 is 8.38. The lowest BCUT2D eigenvalue weighted by Gasteiger charge is -2.20. The number of unbranched alkanes of at least 4 members (excludes halogenated alkanes) is 1. The molecule has 1 heterocycles. The van der Waals surface area contributed by atoms with Gasteiger partial charge >= 0.3 is 0 Å². The molecule has 3 rings (SSSR count). The summed E-state index contributed by atoms with van der Waals surface area (Å²) in [4.78, 5) is 16.3. The first-order chi connectivity index (χ1) is 14.8. The van der Waals surface area contributed by atoms with Gasteiger partial charge in [0.15, 0.2) is 0 Å². The molecule has 0 aliphatic heterocycles. The van der Waals surface area contributed by atoms with E-state index in [1.165, 1.54) is 5.56 Å². The minimum absolute atomic E-state index is 0.247. The van der Waals surface area contributed by atoms with Gasteiger partial charge in [0, 0.05) is 28.4 Å². The highest BCUT2D eigenvalue weighted by Crippen LogP contribution is 2.26. The van der Waals surface area contributed by atoms with E-state index < -0.39 is 0 Å². The molecule has 3 aromatic rings. The molecule has 0 N–H and O–H groups in total. The zero-order valence-electron chi connectivity index (χ0n) is 19.4. The molecule has 0 radical (unpaired) electrons. The number of hydrogen-bond acceptors (Lipinski definition) is 3. The van der Waals surface area contributed by atoms with Crippen molar-refractivity contribution in [3.8, 4) is 17.1 Å². The Bertz CT molecular complexity index is 1020. The summed E-state index contributed by atoms with van der Waals surface area (Å²) in [6.45, 7) is 11.3. The van der Waals surface area contributed by atoms with Gasteiger partial charge in [0.2, 0.25) is 0 Å². The largest absolute Gasteiger partial charge is 0.493 e. The van der Waals surface area contributed by atoms with Crippen molar-refractivity contribution in [3.05, 3.63) is 71.5 Å². The molecule has 0 aliphatic rings. The predicted molar refractivity (Wildman–Crippen MR) is 126 cm³/mol. The number of imidazole rings is 1. The first kappa shape index (κ1) is 22.8. The SMILES string of the molecule is CC(=O)C(C)(C)CCCCOc1ccccc1Cn1c(C)cnc1-c1ccc(C)cc1. The second kappa shape index (κ2) is 9.95. The number of ether oxygens (including phenoxy) is 1. The zero-order chi connectivity index (χ0) is 22.4. The molecule has 0 saturated carbocycles. The van der Waals surface area contributed by atoms with Crippen LogP contribution < -0.4 is 4.74 Å².